The van der Waals surface area contributed by atoms with Crippen molar-refractivity contribution in [1.29, 1.82) is 0 Å². The lowest BCUT2D eigenvalue weighted by atomic mass is 9.95. The fraction of sp³-hybridized carbons (Fsp3) is 0.333. The van der Waals surface area contributed by atoms with Crippen molar-refractivity contribution in [1.82, 2.24) is 0 Å². The third kappa shape index (κ3) is 1.24. The number of hydrogen-bond acceptors (Lipinski definition) is 3. The van der Waals surface area contributed by atoms with Crippen molar-refractivity contribution in [3.05, 3.63) is 28.8 Å². The Labute approximate surface area is 103 Å². The van der Waals surface area contributed by atoms with E-state index in [0.29, 0.717) is 11.4 Å². The topological polar surface area (TPSA) is 55.4 Å². The van der Waals surface area contributed by atoms with Crippen LogP contribution in [0.4, 0.5) is 5.69 Å². The fourth-order valence-electron chi connectivity index (χ4n) is 2.59. The Kier molecular flexibility index (Phi) is 2.01. The number of carbonyl (C=O) groups excluding carboxylic acids is 2. The second kappa shape index (κ2) is 3.23. The first-order chi connectivity index (χ1) is 8.09. The number of rotatable bonds is 1. The van der Waals surface area contributed by atoms with Gasteiger partial charge in [-0.25, -0.2) is 0 Å². The molecule has 1 amide bonds. The molecule has 0 unspecified atom stereocenters. The van der Waals surface area contributed by atoms with Crippen LogP contribution in [-0.2, 0) is 19.7 Å². The van der Waals surface area contributed by atoms with Gasteiger partial charge in [-0.15, -0.1) is 0 Å². The third-order valence-electron chi connectivity index (χ3n) is 3.56. The van der Waals surface area contributed by atoms with E-state index in [9.17, 15) is 9.59 Å². The lowest BCUT2D eigenvalue weighted by Crippen LogP contribution is -2.24. The first kappa shape index (κ1) is 10.6. The number of fused-ring (bicyclic) bond motifs is 2. The highest BCUT2D eigenvalue weighted by Crippen LogP contribution is 2.60. The van der Waals surface area contributed by atoms with E-state index in [1.165, 1.54) is 7.11 Å². The van der Waals surface area contributed by atoms with E-state index in [4.69, 9.17) is 16.3 Å². The Bertz CT molecular complexity index is 543. The van der Waals surface area contributed by atoms with Crippen molar-refractivity contribution in [2.45, 2.75) is 11.8 Å². The minimum atomic E-state index is -0.743. The van der Waals surface area contributed by atoms with Crippen molar-refractivity contribution in [3.8, 4) is 0 Å². The van der Waals surface area contributed by atoms with Crippen LogP contribution in [0.3, 0.4) is 0 Å². The molecule has 1 aromatic carbocycles. The van der Waals surface area contributed by atoms with E-state index >= 15 is 0 Å². The minimum Gasteiger partial charge on any atom is -0.469 e. The highest BCUT2D eigenvalue weighted by molar-refractivity contribution is 6.31. The summed E-state index contributed by atoms with van der Waals surface area (Å²) in [5.41, 5.74) is 0.809. The molecule has 4 nitrogen and oxygen atoms in total. The van der Waals surface area contributed by atoms with Gasteiger partial charge in [0, 0.05) is 10.7 Å². The standard InChI is InChI=1S/C12H10ClNO3/c1-17-10(15)8-5-12(8)7-4-6(13)2-3-9(7)14-11(12)16/h2-4,8H,5H2,1H3,(H,14,16)/t8-,12-/m1/s1. The van der Waals surface area contributed by atoms with Gasteiger partial charge in [0.15, 0.2) is 0 Å². The van der Waals surface area contributed by atoms with E-state index in [2.05, 4.69) is 5.32 Å². The molecule has 88 valence electrons. The molecule has 2 atom stereocenters. The van der Waals surface area contributed by atoms with Crippen LogP contribution in [0.15, 0.2) is 18.2 Å². The summed E-state index contributed by atoms with van der Waals surface area (Å²) in [6, 6.07) is 5.23. The molecule has 0 aromatic heterocycles. The lowest BCUT2D eigenvalue weighted by molar-refractivity contribution is -0.143. The van der Waals surface area contributed by atoms with Crippen molar-refractivity contribution in [2.75, 3.05) is 12.4 Å². The number of carbonyl (C=O) groups is 2. The number of anilines is 1. The molecule has 5 heteroatoms. The van der Waals surface area contributed by atoms with Gasteiger partial charge >= 0.3 is 5.97 Å². The maximum Gasteiger partial charge on any atom is 0.310 e. The van der Waals surface area contributed by atoms with Crippen LogP contribution in [-0.4, -0.2) is 19.0 Å². The zero-order chi connectivity index (χ0) is 12.2. The van der Waals surface area contributed by atoms with Gasteiger partial charge in [-0.05, 0) is 30.2 Å². The molecule has 0 radical (unpaired) electrons. The number of amides is 1. The van der Waals surface area contributed by atoms with Crippen molar-refractivity contribution in [2.24, 2.45) is 5.92 Å². The SMILES string of the molecule is COC(=O)[C@H]1C[C@]12C(=O)Nc1ccc(Cl)cc12. The Hall–Kier alpha value is -1.55. The Morgan fingerprint density at radius 3 is 3.06 bits per heavy atom. The smallest absolute Gasteiger partial charge is 0.310 e. The van der Waals surface area contributed by atoms with E-state index < -0.39 is 5.41 Å². The molecule has 2 aliphatic rings. The lowest BCUT2D eigenvalue weighted by Gasteiger charge is -2.07. The molecule has 3 rings (SSSR count). The van der Waals surface area contributed by atoms with Gasteiger partial charge < -0.3 is 10.1 Å². The monoisotopic (exact) mass is 251 g/mol. The second-order valence-corrected chi connectivity index (χ2v) is 4.83. The summed E-state index contributed by atoms with van der Waals surface area (Å²) in [5, 5.41) is 3.35. The van der Waals surface area contributed by atoms with Crippen LogP contribution in [0.1, 0.15) is 12.0 Å². The maximum absolute atomic E-state index is 12.0. The van der Waals surface area contributed by atoms with Crippen LogP contribution >= 0.6 is 11.6 Å². The summed E-state index contributed by atoms with van der Waals surface area (Å²) in [6.07, 6.45) is 0.499. The molecule has 1 saturated carbocycles. The average molecular weight is 252 g/mol. The number of ether oxygens (including phenoxy) is 1. The van der Waals surface area contributed by atoms with Crippen molar-refractivity contribution >= 4 is 29.2 Å². The molecule has 1 heterocycles. The molecule has 1 spiro atoms. The Balaban J connectivity index is 2.07. The van der Waals surface area contributed by atoms with Crippen LogP contribution in [0.5, 0.6) is 0 Å². The van der Waals surface area contributed by atoms with Gasteiger partial charge in [-0.1, -0.05) is 11.6 Å². The van der Waals surface area contributed by atoms with Crippen LogP contribution in [0.25, 0.3) is 0 Å². The predicted octanol–water partition coefficient (Wildman–Crippen LogP) is 1.72. The van der Waals surface area contributed by atoms with Gasteiger partial charge in [0.05, 0.1) is 18.4 Å². The number of hydrogen-bond donors (Lipinski definition) is 1. The van der Waals surface area contributed by atoms with Crippen LogP contribution in [0, 0.1) is 5.92 Å². The second-order valence-electron chi connectivity index (χ2n) is 4.40. The summed E-state index contributed by atoms with van der Waals surface area (Å²) in [7, 11) is 1.33. The molecule has 0 saturated heterocycles. The number of esters is 1. The molecule has 0 bridgehead atoms. The Morgan fingerprint density at radius 2 is 2.35 bits per heavy atom. The molecular weight excluding hydrogens is 242 g/mol. The molecule has 17 heavy (non-hydrogen) atoms. The molecular formula is C12H10ClNO3. The maximum atomic E-state index is 12.0. The molecule has 1 fully saturated rings. The molecule has 1 aliphatic heterocycles. The first-order valence-corrected chi connectivity index (χ1v) is 5.66. The van der Waals surface area contributed by atoms with E-state index in [1.54, 1.807) is 18.2 Å². The highest BCUT2D eigenvalue weighted by Gasteiger charge is 2.68. The summed E-state index contributed by atoms with van der Waals surface area (Å²) in [6.45, 7) is 0. The summed E-state index contributed by atoms with van der Waals surface area (Å²) >= 11 is 5.93. The fourth-order valence-corrected chi connectivity index (χ4v) is 2.76. The van der Waals surface area contributed by atoms with E-state index in [-0.39, 0.29) is 17.8 Å². The molecule has 1 aliphatic carbocycles. The minimum absolute atomic E-state index is 0.134. The van der Waals surface area contributed by atoms with Gasteiger partial charge in [0.25, 0.3) is 0 Å². The van der Waals surface area contributed by atoms with Gasteiger partial charge in [-0.2, -0.15) is 0 Å². The number of halogens is 1. The van der Waals surface area contributed by atoms with Gasteiger partial charge in [-0.3, -0.25) is 9.59 Å². The normalized spacial score (nSPS) is 28.8. The van der Waals surface area contributed by atoms with Gasteiger partial charge in [0.2, 0.25) is 5.91 Å². The third-order valence-corrected chi connectivity index (χ3v) is 3.80. The number of methoxy groups -OCH3 is 1. The summed E-state index contributed by atoms with van der Waals surface area (Å²) < 4.78 is 4.70. The number of benzene rings is 1. The largest absolute Gasteiger partial charge is 0.469 e. The predicted molar refractivity (Wildman–Crippen MR) is 61.9 cm³/mol. The van der Waals surface area contributed by atoms with E-state index in [0.717, 1.165) is 11.3 Å². The van der Waals surface area contributed by atoms with E-state index in [1.807, 2.05) is 0 Å². The summed E-state index contributed by atoms with van der Waals surface area (Å²) in [5.74, 6) is -0.856. The van der Waals surface area contributed by atoms with Crippen molar-refractivity contribution < 1.29 is 14.3 Å². The van der Waals surface area contributed by atoms with Crippen LogP contribution < -0.4 is 5.32 Å². The van der Waals surface area contributed by atoms with Crippen LogP contribution in [0.2, 0.25) is 5.02 Å². The zero-order valence-electron chi connectivity index (χ0n) is 9.12. The molecule has 1 aromatic rings. The number of nitrogens with one attached hydrogen (secondary N) is 1. The quantitative estimate of drug-likeness (QED) is 0.774. The van der Waals surface area contributed by atoms with Crippen molar-refractivity contribution in [3.63, 3.8) is 0 Å². The average Bonchev–Trinajstić information content (AvgIpc) is 3.00. The Morgan fingerprint density at radius 1 is 1.59 bits per heavy atom. The zero-order valence-corrected chi connectivity index (χ0v) is 9.88. The highest BCUT2D eigenvalue weighted by atomic mass is 35.5. The molecule has 1 N–H and O–H groups in total. The first-order valence-electron chi connectivity index (χ1n) is 5.29. The summed E-state index contributed by atoms with van der Waals surface area (Å²) in [4.78, 5) is 23.5. The van der Waals surface area contributed by atoms with Gasteiger partial charge in [0.1, 0.15) is 0 Å².